The monoisotopic (exact) mass is 190 g/mol. The molecule has 0 saturated carbocycles. The van der Waals surface area contributed by atoms with E-state index in [0.717, 1.165) is 42.4 Å². The van der Waals surface area contributed by atoms with Crippen molar-refractivity contribution in [3.63, 3.8) is 0 Å². The third kappa shape index (κ3) is 1.41. The molecule has 0 aromatic heterocycles. The van der Waals surface area contributed by atoms with E-state index in [1.54, 1.807) is 19.1 Å². The molecule has 74 valence electrons. The lowest BCUT2D eigenvalue weighted by molar-refractivity contribution is 0.101. The van der Waals surface area contributed by atoms with Gasteiger partial charge < -0.3 is 5.11 Å². The van der Waals surface area contributed by atoms with E-state index >= 15 is 0 Å². The van der Waals surface area contributed by atoms with Gasteiger partial charge in [0.1, 0.15) is 5.75 Å². The van der Waals surface area contributed by atoms with Crippen LogP contribution in [-0.4, -0.2) is 10.9 Å². The molecule has 1 aliphatic rings. The second kappa shape index (κ2) is 3.45. The maximum atomic E-state index is 11.3. The summed E-state index contributed by atoms with van der Waals surface area (Å²) in [4.78, 5) is 11.3. The summed E-state index contributed by atoms with van der Waals surface area (Å²) >= 11 is 0. The van der Waals surface area contributed by atoms with Crippen molar-refractivity contribution in [3.8, 4) is 5.75 Å². The predicted molar refractivity (Wildman–Crippen MR) is 54.8 cm³/mol. The number of benzene rings is 1. The molecule has 0 spiro atoms. The maximum Gasteiger partial charge on any atom is 0.160 e. The van der Waals surface area contributed by atoms with Gasteiger partial charge in [0.25, 0.3) is 0 Å². The summed E-state index contributed by atoms with van der Waals surface area (Å²) in [7, 11) is 0. The Labute approximate surface area is 83.6 Å². The summed E-state index contributed by atoms with van der Waals surface area (Å²) in [5, 5.41) is 9.65. The Morgan fingerprint density at radius 2 is 1.86 bits per heavy atom. The normalized spacial score (nSPS) is 14.9. The third-order valence-corrected chi connectivity index (χ3v) is 2.89. The molecular formula is C12H14O2. The number of phenolic OH excluding ortho intramolecular Hbond substituents is 1. The van der Waals surface area contributed by atoms with Crippen LogP contribution in [0.15, 0.2) is 12.1 Å². The molecule has 2 nitrogen and oxygen atoms in total. The second-order valence-electron chi connectivity index (χ2n) is 3.85. The largest absolute Gasteiger partial charge is 0.508 e. The summed E-state index contributed by atoms with van der Waals surface area (Å²) < 4.78 is 0. The first-order valence-corrected chi connectivity index (χ1v) is 5.05. The number of rotatable bonds is 1. The fraction of sp³-hybridized carbons (Fsp3) is 0.417. The minimum atomic E-state index is 0.100. The van der Waals surface area contributed by atoms with Crippen molar-refractivity contribution in [1.82, 2.24) is 0 Å². The standard InChI is InChI=1S/C12H14O2/c1-8(13)9-6-7-12(14)11-5-3-2-4-10(9)11/h6-7,14H,2-5H2,1H3. The minimum absolute atomic E-state index is 0.100. The lowest BCUT2D eigenvalue weighted by atomic mass is 9.86. The van der Waals surface area contributed by atoms with E-state index in [2.05, 4.69) is 0 Å². The number of aromatic hydroxyl groups is 1. The first-order valence-electron chi connectivity index (χ1n) is 5.05. The number of fused-ring (bicyclic) bond motifs is 1. The molecule has 0 fully saturated rings. The van der Waals surface area contributed by atoms with Gasteiger partial charge >= 0.3 is 0 Å². The topological polar surface area (TPSA) is 37.3 Å². The number of phenols is 1. The van der Waals surface area contributed by atoms with Crippen molar-refractivity contribution in [2.45, 2.75) is 32.6 Å². The van der Waals surface area contributed by atoms with Crippen LogP contribution in [0.5, 0.6) is 5.75 Å². The van der Waals surface area contributed by atoms with E-state index in [0.29, 0.717) is 5.75 Å². The Morgan fingerprint density at radius 1 is 1.21 bits per heavy atom. The molecule has 0 unspecified atom stereocenters. The first-order chi connectivity index (χ1) is 6.70. The lowest BCUT2D eigenvalue weighted by Crippen LogP contribution is -2.09. The van der Waals surface area contributed by atoms with Crippen molar-refractivity contribution in [3.05, 3.63) is 28.8 Å². The van der Waals surface area contributed by atoms with Crippen LogP contribution in [0.3, 0.4) is 0 Å². The number of hydrogen-bond donors (Lipinski definition) is 1. The van der Waals surface area contributed by atoms with Crippen LogP contribution in [0.1, 0.15) is 41.3 Å². The quantitative estimate of drug-likeness (QED) is 0.691. The van der Waals surface area contributed by atoms with Crippen LogP contribution >= 0.6 is 0 Å². The van der Waals surface area contributed by atoms with Gasteiger partial charge in [-0.05, 0) is 55.9 Å². The molecule has 0 radical (unpaired) electrons. The number of carbonyl (C=O) groups is 1. The van der Waals surface area contributed by atoms with Crippen LogP contribution in [0.4, 0.5) is 0 Å². The Morgan fingerprint density at radius 3 is 2.50 bits per heavy atom. The first kappa shape index (κ1) is 9.25. The second-order valence-corrected chi connectivity index (χ2v) is 3.85. The molecule has 1 aromatic rings. The molecule has 0 atom stereocenters. The van der Waals surface area contributed by atoms with Crippen LogP contribution in [-0.2, 0) is 12.8 Å². The van der Waals surface area contributed by atoms with Crippen molar-refractivity contribution in [2.24, 2.45) is 0 Å². The predicted octanol–water partition coefficient (Wildman–Crippen LogP) is 2.47. The van der Waals surface area contributed by atoms with Gasteiger partial charge in [0.05, 0.1) is 0 Å². The Hall–Kier alpha value is -1.31. The zero-order valence-corrected chi connectivity index (χ0v) is 8.34. The molecular weight excluding hydrogens is 176 g/mol. The Balaban J connectivity index is 2.59. The van der Waals surface area contributed by atoms with Gasteiger partial charge in [0.2, 0.25) is 0 Å². The molecule has 2 rings (SSSR count). The fourth-order valence-electron chi connectivity index (χ4n) is 2.18. The highest BCUT2D eigenvalue weighted by Crippen LogP contribution is 2.31. The molecule has 1 N–H and O–H groups in total. The highest BCUT2D eigenvalue weighted by atomic mass is 16.3. The number of ketones is 1. The lowest BCUT2D eigenvalue weighted by Gasteiger charge is -2.19. The fourth-order valence-corrected chi connectivity index (χ4v) is 2.18. The van der Waals surface area contributed by atoms with Crippen LogP contribution in [0.25, 0.3) is 0 Å². The molecule has 1 aliphatic carbocycles. The molecule has 0 bridgehead atoms. The van der Waals surface area contributed by atoms with E-state index < -0.39 is 0 Å². The Bertz CT molecular complexity index is 380. The molecule has 0 aliphatic heterocycles. The molecule has 2 heteroatoms. The minimum Gasteiger partial charge on any atom is -0.508 e. The van der Waals surface area contributed by atoms with Gasteiger partial charge in [-0.3, -0.25) is 4.79 Å². The number of carbonyl (C=O) groups excluding carboxylic acids is 1. The molecule has 0 saturated heterocycles. The van der Waals surface area contributed by atoms with Gasteiger partial charge in [0.15, 0.2) is 5.78 Å². The van der Waals surface area contributed by atoms with Gasteiger partial charge in [0, 0.05) is 5.56 Å². The van der Waals surface area contributed by atoms with E-state index in [9.17, 15) is 9.90 Å². The smallest absolute Gasteiger partial charge is 0.160 e. The van der Waals surface area contributed by atoms with Crippen LogP contribution in [0.2, 0.25) is 0 Å². The van der Waals surface area contributed by atoms with Gasteiger partial charge in [-0.15, -0.1) is 0 Å². The summed E-state index contributed by atoms with van der Waals surface area (Å²) in [5.41, 5.74) is 2.85. The van der Waals surface area contributed by atoms with Crippen molar-refractivity contribution < 1.29 is 9.90 Å². The molecule has 1 aromatic carbocycles. The average molecular weight is 190 g/mol. The zero-order valence-electron chi connectivity index (χ0n) is 8.34. The van der Waals surface area contributed by atoms with E-state index in [4.69, 9.17) is 0 Å². The van der Waals surface area contributed by atoms with Crippen molar-refractivity contribution in [2.75, 3.05) is 0 Å². The molecule has 0 amide bonds. The van der Waals surface area contributed by atoms with Gasteiger partial charge in [-0.2, -0.15) is 0 Å². The van der Waals surface area contributed by atoms with E-state index in [1.807, 2.05) is 0 Å². The number of Topliss-reactive ketones (excluding diaryl/α,β-unsaturated/α-hetero) is 1. The van der Waals surface area contributed by atoms with Crippen molar-refractivity contribution in [1.29, 1.82) is 0 Å². The number of hydrogen-bond acceptors (Lipinski definition) is 2. The highest BCUT2D eigenvalue weighted by Gasteiger charge is 2.18. The van der Waals surface area contributed by atoms with Crippen LogP contribution in [0, 0.1) is 0 Å². The third-order valence-electron chi connectivity index (χ3n) is 2.89. The SMILES string of the molecule is CC(=O)c1ccc(O)c2c1CCCC2. The summed E-state index contributed by atoms with van der Waals surface area (Å²) in [5.74, 6) is 0.452. The van der Waals surface area contributed by atoms with Crippen molar-refractivity contribution >= 4 is 5.78 Å². The van der Waals surface area contributed by atoms with Gasteiger partial charge in [-0.25, -0.2) is 0 Å². The van der Waals surface area contributed by atoms with Gasteiger partial charge in [-0.1, -0.05) is 0 Å². The summed E-state index contributed by atoms with van der Waals surface area (Å²) in [6.07, 6.45) is 4.07. The average Bonchev–Trinajstić information content (AvgIpc) is 2.18. The van der Waals surface area contributed by atoms with E-state index in [-0.39, 0.29) is 5.78 Å². The van der Waals surface area contributed by atoms with Crippen LogP contribution < -0.4 is 0 Å². The van der Waals surface area contributed by atoms with E-state index in [1.165, 1.54) is 0 Å². The molecule has 14 heavy (non-hydrogen) atoms. The summed E-state index contributed by atoms with van der Waals surface area (Å²) in [6.45, 7) is 1.58. The maximum absolute atomic E-state index is 11.3. The highest BCUT2D eigenvalue weighted by molar-refractivity contribution is 5.96. The zero-order chi connectivity index (χ0) is 10.1. The summed E-state index contributed by atoms with van der Waals surface area (Å²) in [6, 6.07) is 3.38. The Kier molecular flexibility index (Phi) is 2.28. The molecule has 0 heterocycles.